The normalized spacial score (nSPS) is 15.1. The molecule has 1 aliphatic carbocycles. The first-order chi connectivity index (χ1) is 10.6. The van der Waals surface area contributed by atoms with E-state index >= 15 is 0 Å². The first kappa shape index (κ1) is 13.9. The third-order valence-electron chi connectivity index (χ3n) is 3.30. The number of rotatable bonds is 4. The molecule has 3 rings (SSSR count). The Morgan fingerprint density at radius 3 is 2.95 bits per heavy atom. The van der Waals surface area contributed by atoms with Crippen molar-refractivity contribution in [1.29, 1.82) is 5.26 Å². The Morgan fingerprint density at radius 2 is 2.32 bits per heavy atom. The number of nitriles is 1. The second-order valence-corrected chi connectivity index (χ2v) is 5.06. The Hall–Kier alpha value is -3.02. The second kappa shape index (κ2) is 5.40. The van der Waals surface area contributed by atoms with E-state index < -0.39 is 12.1 Å². The van der Waals surface area contributed by atoms with Crippen LogP contribution >= 0.6 is 0 Å². The molecule has 0 spiro atoms. The number of nitrogens with zero attached hydrogens (tertiary/aromatic N) is 6. The summed E-state index contributed by atoms with van der Waals surface area (Å²) in [5, 5.41) is 24.6. The summed E-state index contributed by atoms with van der Waals surface area (Å²) in [6.45, 7) is 1.68. The van der Waals surface area contributed by atoms with Crippen molar-refractivity contribution in [3.05, 3.63) is 29.7 Å². The molecule has 112 valence electrons. The van der Waals surface area contributed by atoms with E-state index in [1.807, 2.05) is 6.07 Å². The summed E-state index contributed by atoms with van der Waals surface area (Å²) in [6.07, 6.45) is 2.18. The van der Waals surface area contributed by atoms with Gasteiger partial charge in [0.15, 0.2) is 17.5 Å². The highest BCUT2D eigenvalue weighted by Gasteiger charge is 2.30. The summed E-state index contributed by atoms with van der Waals surface area (Å²) in [7, 11) is 0. The summed E-state index contributed by atoms with van der Waals surface area (Å²) >= 11 is 0. The molecule has 2 aromatic rings. The van der Waals surface area contributed by atoms with Crippen LogP contribution in [0.4, 0.5) is 4.79 Å². The highest BCUT2D eigenvalue weighted by atomic mass is 16.4. The Bertz CT molecular complexity index is 760. The zero-order valence-corrected chi connectivity index (χ0v) is 11.8. The second-order valence-electron chi connectivity index (χ2n) is 5.06. The summed E-state index contributed by atoms with van der Waals surface area (Å²) in [5.41, 5.74) is 0.207. The van der Waals surface area contributed by atoms with Crippen LogP contribution in [-0.2, 0) is 0 Å². The van der Waals surface area contributed by atoms with Gasteiger partial charge in [0.2, 0.25) is 0 Å². The zero-order valence-electron chi connectivity index (χ0n) is 11.8. The molecule has 0 bridgehead atoms. The van der Waals surface area contributed by atoms with Crippen LogP contribution in [0.25, 0.3) is 5.82 Å². The number of carboxylic acid groups (broad SMARTS) is 1. The Morgan fingerprint density at radius 1 is 1.55 bits per heavy atom. The number of aromatic nitrogens is 5. The van der Waals surface area contributed by atoms with Gasteiger partial charge in [0, 0.05) is 12.0 Å². The van der Waals surface area contributed by atoms with Crippen molar-refractivity contribution in [3.8, 4) is 11.9 Å². The number of hydrogen-bond acceptors (Lipinski definition) is 6. The molecule has 1 fully saturated rings. The van der Waals surface area contributed by atoms with Crippen molar-refractivity contribution in [2.24, 2.45) is 0 Å². The van der Waals surface area contributed by atoms with E-state index in [9.17, 15) is 4.79 Å². The molecule has 1 aliphatic rings. The van der Waals surface area contributed by atoms with Crippen molar-refractivity contribution in [2.75, 3.05) is 0 Å². The molecule has 2 aromatic heterocycles. The molecule has 0 radical (unpaired) electrons. The van der Waals surface area contributed by atoms with E-state index in [-0.39, 0.29) is 5.69 Å². The number of hydrogen-bond donors (Lipinski definition) is 2. The van der Waals surface area contributed by atoms with E-state index in [0.717, 1.165) is 12.8 Å². The van der Waals surface area contributed by atoms with Crippen LogP contribution in [0.15, 0.2) is 12.4 Å². The standard InChI is InChI=1S/C13H13N7O2/c1-7(17-13(21)22)12-18-11(8-2-3-8)19-20(12)10-4-9(5-14)15-6-16-10/h4,6-8,17H,2-3H2,1H3,(H,21,22)/t7-/m0/s1. The SMILES string of the molecule is C[C@H](NC(=O)O)c1nc(C2CC2)nn1-c1cc(C#N)ncn1. The lowest BCUT2D eigenvalue weighted by Gasteiger charge is -2.11. The van der Waals surface area contributed by atoms with Gasteiger partial charge in [0.25, 0.3) is 0 Å². The van der Waals surface area contributed by atoms with Gasteiger partial charge in [-0.25, -0.2) is 19.7 Å². The minimum Gasteiger partial charge on any atom is -0.465 e. The molecule has 0 saturated heterocycles. The van der Waals surface area contributed by atoms with Crippen molar-refractivity contribution < 1.29 is 9.90 Å². The van der Waals surface area contributed by atoms with Gasteiger partial charge in [-0.2, -0.15) is 9.94 Å². The summed E-state index contributed by atoms with van der Waals surface area (Å²) in [6, 6.07) is 2.87. The molecule has 2 heterocycles. The van der Waals surface area contributed by atoms with Gasteiger partial charge in [0.05, 0.1) is 6.04 Å². The lowest BCUT2D eigenvalue weighted by atomic mass is 10.3. The average Bonchev–Trinajstić information content (AvgIpc) is 3.25. The lowest BCUT2D eigenvalue weighted by Crippen LogP contribution is -2.27. The molecule has 1 saturated carbocycles. The summed E-state index contributed by atoms with van der Waals surface area (Å²) in [5.74, 6) is 1.81. The van der Waals surface area contributed by atoms with E-state index in [4.69, 9.17) is 10.4 Å². The summed E-state index contributed by atoms with van der Waals surface area (Å²) < 4.78 is 1.47. The predicted octanol–water partition coefficient (Wildman–Crippen LogP) is 1.13. The molecule has 0 aromatic carbocycles. The molecule has 1 atom stereocenters. The highest BCUT2D eigenvalue weighted by molar-refractivity contribution is 5.64. The van der Waals surface area contributed by atoms with Crippen molar-refractivity contribution in [1.82, 2.24) is 30.0 Å². The van der Waals surface area contributed by atoms with Gasteiger partial charge in [-0.3, -0.25) is 0 Å². The minimum absolute atomic E-state index is 0.207. The van der Waals surface area contributed by atoms with E-state index in [2.05, 4.69) is 25.4 Å². The monoisotopic (exact) mass is 299 g/mol. The van der Waals surface area contributed by atoms with Gasteiger partial charge in [-0.05, 0) is 19.8 Å². The Balaban J connectivity index is 2.04. The Kier molecular flexibility index (Phi) is 3.42. The first-order valence-electron chi connectivity index (χ1n) is 6.77. The van der Waals surface area contributed by atoms with E-state index in [1.165, 1.54) is 17.1 Å². The molecule has 22 heavy (non-hydrogen) atoms. The van der Waals surface area contributed by atoms with Gasteiger partial charge in [-0.15, -0.1) is 5.10 Å². The van der Waals surface area contributed by atoms with E-state index in [1.54, 1.807) is 6.92 Å². The predicted molar refractivity (Wildman–Crippen MR) is 73.2 cm³/mol. The number of amides is 1. The molecule has 2 N–H and O–H groups in total. The quantitative estimate of drug-likeness (QED) is 0.865. The van der Waals surface area contributed by atoms with Crippen molar-refractivity contribution >= 4 is 6.09 Å². The van der Waals surface area contributed by atoms with Gasteiger partial charge in [-0.1, -0.05) is 0 Å². The highest BCUT2D eigenvalue weighted by Crippen LogP contribution is 2.38. The average molecular weight is 299 g/mol. The van der Waals surface area contributed by atoms with Gasteiger partial charge < -0.3 is 10.4 Å². The maximum Gasteiger partial charge on any atom is 0.405 e. The molecular formula is C13H13N7O2. The third-order valence-corrected chi connectivity index (χ3v) is 3.30. The van der Waals surface area contributed by atoms with Crippen molar-refractivity contribution in [2.45, 2.75) is 31.7 Å². The maximum atomic E-state index is 10.8. The van der Waals surface area contributed by atoms with Crippen LogP contribution in [-0.4, -0.2) is 35.9 Å². The first-order valence-corrected chi connectivity index (χ1v) is 6.77. The third kappa shape index (κ3) is 2.71. The zero-order chi connectivity index (χ0) is 15.7. The van der Waals surface area contributed by atoms with Crippen LogP contribution in [0, 0.1) is 11.3 Å². The fraction of sp³-hybridized carbons (Fsp3) is 0.385. The summed E-state index contributed by atoms with van der Waals surface area (Å²) in [4.78, 5) is 23.2. The molecule has 0 unspecified atom stereocenters. The van der Waals surface area contributed by atoms with E-state index in [0.29, 0.717) is 23.4 Å². The van der Waals surface area contributed by atoms with Crippen LogP contribution in [0.1, 0.15) is 49.1 Å². The molecule has 9 nitrogen and oxygen atoms in total. The van der Waals surface area contributed by atoms with Crippen LogP contribution in [0.3, 0.4) is 0 Å². The maximum absolute atomic E-state index is 10.8. The lowest BCUT2D eigenvalue weighted by molar-refractivity contribution is 0.190. The largest absolute Gasteiger partial charge is 0.465 e. The van der Waals surface area contributed by atoms with Crippen LogP contribution in [0.5, 0.6) is 0 Å². The molecule has 9 heteroatoms. The van der Waals surface area contributed by atoms with Crippen molar-refractivity contribution in [3.63, 3.8) is 0 Å². The fourth-order valence-electron chi connectivity index (χ4n) is 2.08. The topological polar surface area (TPSA) is 130 Å². The molecule has 0 aliphatic heterocycles. The molecular weight excluding hydrogens is 286 g/mol. The minimum atomic E-state index is -1.14. The van der Waals surface area contributed by atoms with Crippen LogP contribution < -0.4 is 5.32 Å². The smallest absolute Gasteiger partial charge is 0.405 e. The number of carbonyl (C=O) groups is 1. The molecule has 1 amide bonds. The number of nitrogens with one attached hydrogen (secondary N) is 1. The fourth-order valence-corrected chi connectivity index (χ4v) is 2.08. The van der Waals surface area contributed by atoms with Gasteiger partial charge in [0.1, 0.15) is 18.1 Å². The Labute approximate surface area is 125 Å². The van der Waals surface area contributed by atoms with Crippen LogP contribution in [0.2, 0.25) is 0 Å². The van der Waals surface area contributed by atoms with Gasteiger partial charge >= 0.3 is 6.09 Å².